The average molecular weight is 277 g/mol. The van der Waals surface area contributed by atoms with Gasteiger partial charge in [-0.15, -0.1) is 11.3 Å². The van der Waals surface area contributed by atoms with Crippen LogP contribution < -0.4 is 5.32 Å². The molecule has 1 aromatic heterocycles. The van der Waals surface area contributed by atoms with Crippen LogP contribution in [-0.2, 0) is 0 Å². The molecule has 1 atom stereocenters. The van der Waals surface area contributed by atoms with Gasteiger partial charge in [-0.25, -0.2) is 4.39 Å². The van der Waals surface area contributed by atoms with E-state index >= 15 is 0 Å². The van der Waals surface area contributed by atoms with E-state index in [1.165, 1.54) is 9.75 Å². The van der Waals surface area contributed by atoms with Crippen LogP contribution in [0.15, 0.2) is 30.3 Å². The van der Waals surface area contributed by atoms with Gasteiger partial charge in [0.2, 0.25) is 0 Å². The van der Waals surface area contributed by atoms with Crippen LogP contribution in [0, 0.1) is 19.7 Å². The molecule has 0 spiro atoms. The average Bonchev–Trinajstić information content (AvgIpc) is 2.78. The lowest BCUT2D eigenvalue weighted by Crippen LogP contribution is -2.23. The first-order valence-corrected chi connectivity index (χ1v) is 7.49. The summed E-state index contributed by atoms with van der Waals surface area (Å²) in [5.74, 6) is -0.125. The molecular weight excluding hydrogens is 257 g/mol. The number of thiophene rings is 1. The van der Waals surface area contributed by atoms with Gasteiger partial charge in [-0.05, 0) is 50.6 Å². The van der Waals surface area contributed by atoms with Crippen molar-refractivity contribution < 1.29 is 4.39 Å². The molecule has 0 fully saturated rings. The Balaban J connectivity index is 2.36. The first-order valence-electron chi connectivity index (χ1n) is 6.67. The summed E-state index contributed by atoms with van der Waals surface area (Å²) in [6, 6.07) is 9.61. The van der Waals surface area contributed by atoms with Crippen molar-refractivity contribution >= 4 is 11.3 Å². The molecule has 0 aliphatic rings. The smallest absolute Gasteiger partial charge is 0.128 e. The number of rotatable bonds is 5. The first kappa shape index (κ1) is 14.2. The second kappa shape index (κ2) is 6.31. The molecule has 0 amide bonds. The molecule has 2 rings (SSSR count). The van der Waals surface area contributed by atoms with Crippen LogP contribution in [0.4, 0.5) is 4.39 Å². The molecule has 0 radical (unpaired) electrons. The third-order valence-corrected chi connectivity index (χ3v) is 4.18. The summed E-state index contributed by atoms with van der Waals surface area (Å²) >= 11 is 1.72. The van der Waals surface area contributed by atoms with Crippen molar-refractivity contribution in [3.8, 4) is 0 Å². The molecule has 102 valence electrons. The molecule has 0 saturated carbocycles. The molecule has 1 heterocycles. The third kappa shape index (κ3) is 3.43. The molecule has 1 aromatic carbocycles. The first-order chi connectivity index (χ1) is 9.11. The van der Waals surface area contributed by atoms with Crippen molar-refractivity contribution in [3.63, 3.8) is 0 Å². The maximum absolute atomic E-state index is 14.2. The van der Waals surface area contributed by atoms with Crippen molar-refractivity contribution in [2.45, 2.75) is 33.2 Å². The fourth-order valence-electron chi connectivity index (χ4n) is 2.13. The Kier molecular flexibility index (Phi) is 4.72. The molecule has 3 heteroatoms. The van der Waals surface area contributed by atoms with Crippen LogP contribution in [0.5, 0.6) is 0 Å². The monoisotopic (exact) mass is 277 g/mol. The van der Waals surface area contributed by atoms with E-state index in [0.717, 1.165) is 24.1 Å². The summed E-state index contributed by atoms with van der Waals surface area (Å²) in [5, 5.41) is 3.45. The van der Waals surface area contributed by atoms with Crippen molar-refractivity contribution in [2.24, 2.45) is 0 Å². The number of benzene rings is 1. The Morgan fingerprint density at radius 1 is 1.21 bits per heavy atom. The van der Waals surface area contributed by atoms with E-state index < -0.39 is 0 Å². The van der Waals surface area contributed by atoms with E-state index in [0.29, 0.717) is 0 Å². The third-order valence-electron chi connectivity index (χ3n) is 3.11. The fourth-order valence-corrected chi connectivity index (χ4v) is 3.10. The molecule has 0 aliphatic heterocycles. The molecule has 1 N–H and O–H groups in total. The van der Waals surface area contributed by atoms with E-state index in [-0.39, 0.29) is 11.9 Å². The Morgan fingerprint density at radius 3 is 2.58 bits per heavy atom. The summed E-state index contributed by atoms with van der Waals surface area (Å²) in [5.41, 5.74) is 1.69. The van der Waals surface area contributed by atoms with Gasteiger partial charge in [-0.3, -0.25) is 0 Å². The molecule has 19 heavy (non-hydrogen) atoms. The summed E-state index contributed by atoms with van der Waals surface area (Å²) in [6.45, 7) is 7.00. The van der Waals surface area contributed by atoms with Crippen molar-refractivity contribution in [1.82, 2.24) is 5.32 Å². The molecule has 1 unspecified atom stereocenters. The molecule has 0 aliphatic carbocycles. The number of nitrogens with one attached hydrogen (secondary N) is 1. The predicted octanol–water partition coefficient (Wildman–Crippen LogP) is 4.59. The molecule has 0 saturated heterocycles. The number of aryl methyl sites for hydroxylation is 2. The molecule has 2 aromatic rings. The highest BCUT2D eigenvalue weighted by Crippen LogP contribution is 2.30. The van der Waals surface area contributed by atoms with Gasteiger partial charge in [0.15, 0.2) is 0 Å². The highest BCUT2D eigenvalue weighted by atomic mass is 32.1. The van der Waals surface area contributed by atoms with Crippen LogP contribution in [0.2, 0.25) is 0 Å². The minimum Gasteiger partial charge on any atom is -0.306 e. The van der Waals surface area contributed by atoms with E-state index in [2.05, 4.69) is 31.3 Å². The van der Waals surface area contributed by atoms with Crippen LogP contribution in [0.25, 0.3) is 0 Å². The van der Waals surface area contributed by atoms with E-state index in [9.17, 15) is 4.39 Å². The van der Waals surface area contributed by atoms with Gasteiger partial charge in [0.25, 0.3) is 0 Å². The Labute approximate surface area is 118 Å². The van der Waals surface area contributed by atoms with E-state index in [1.807, 2.05) is 19.1 Å². The number of halogens is 1. The quantitative estimate of drug-likeness (QED) is 0.842. The molecule has 1 nitrogen and oxygen atoms in total. The van der Waals surface area contributed by atoms with Gasteiger partial charge < -0.3 is 5.32 Å². The normalized spacial score (nSPS) is 12.6. The van der Waals surface area contributed by atoms with Gasteiger partial charge in [-0.1, -0.05) is 19.1 Å². The Hall–Kier alpha value is -1.19. The Bertz CT molecular complexity index is 547. The van der Waals surface area contributed by atoms with Crippen molar-refractivity contribution in [1.29, 1.82) is 0 Å². The van der Waals surface area contributed by atoms with Crippen LogP contribution in [0.3, 0.4) is 0 Å². The predicted molar refractivity (Wildman–Crippen MR) is 80.3 cm³/mol. The van der Waals surface area contributed by atoms with Gasteiger partial charge in [-0.2, -0.15) is 0 Å². The maximum atomic E-state index is 14.2. The second-order valence-electron chi connectivity index (χ2n) is 4.86. The van der Waals surface area contributed by atoms with Crippen LogP contribution >= 0.6 is 11.3 Å². The largest absolute Gasteiger partial charge is 0.306 e. The standard InChI is InChI=1S/C16H20FNS/c1-4-9-18-16(15-8-6-12(3)19-15)13-7-5-11(2)10-14(13)17/h5-8,10,16,18H,4,9H2,1-3H3. The highest BCUT2D eigenvalue weighted by molar-refractivity contribution is 7.12. The molecule has 0 bridgehead atoms. The Morgan fingerprint density at radius 2 is 2.00 bits per heavy atom. The highest BCUT2D eigenvalue weighted by Gasteiger charge is 2.18. The zero-order valence-electron chi connectivity index (χ0n) is 11.7. The zero-order chi connectivity index (χ0) is 13.8. The summed E-state index contributed by atoms with van der Waals surface area (Å²) < 4.78 is 14.2. The SMILES string of the molecule is CCCNC(c1ccc(C)s1)c1ccc(C)cc1F. The summed E-state index contributed by atoms with van der Waals surface area (Å²) in [7, 11) is 0. The zero-order valence-corrected chi connectivity index (χ0v) is 12.5. The lowest BCUT2D eigenvalue weighted by atomic mass is 10.0. The van der Waals surface area contributed by atoms with Crippen LogP contribution in [0.1, 0.15) is 40.3 Å². The summed E-state index contributed by atoms with van der Waals surface area (Å²) in [6.07, 6.45) is 1.04. The lowest BCUT2D eigenvalue weighted by Gasteiger charge is -2.18. The maximum Gasteiger partial charge on any atom is 0.128 e. The van der Waals surface area contributed by atoms with Gasteiger partial charge in [0.05, 0.1) is 6.04 Å². The summed E-state index contributed by atoms with van der Waals surface area (Å²) in [4.78, 5) is 2.43. The van der Waals surface area contributed by atoms with E-state index in [1.54, 1.807) is 17.4 Å². The van der Waals surface area contributed by atoms with Crippen LogP contribution in [-0.4, -0.2) is 6.54 Å². The van der Waals surface area contributed by atoms with Gasteiger partial charge in [0.1, 0.15) is 5.82 Å². The topological polar surface area (TPSA) is 12.0 Å². The molecular formula is C16H20FNS. The fraction of sp³-hybridized carbons (Fsp3) is 0.375. The van der Waals surface area contributed by atoms with Gasteiger partial charge >= 0.3 is 0 Å². The van der Waals surface area contributed by atoms with Gasteiger partial charge in [0, 0.05) is 15.3 Å². The van der Waals surface area contributed by atoms with Crippen molar-refractivity contribution in [3.05, 3.63) is 57.0 Å². The second-order valence-corrected chi connectivity index (χ2v) is 6.18. The number of hydrogen-bond donors (Lipinski definition) is 1. The minimum absolute atomic E-state index is 0.0424. The van der Waals surface area contributed by atoms with Crippen molar-refractivity contribution in [2.75, 3.05) is 6.54 Å². The van der Waals surface area contributed by atoms with E-state index in [4.69, 9.17) is 0 Å². The minimum atomic E-state index is -0.125. The lowest BCUT2D eigenvalue weighted by molar-refractivity contribution is 0.550. The number of hydrogen-bond acceptors (Lipinski definition) is 2.